The fourth-order valence-electron chi connectivity index (χ4n) is 3.16. The van der Waals surface area contributed by atoms with Crippen molar-refractivity contribution in [2.45, 2.75) is 32.8 Å². The van der Waals surface area contributed by atoms with Crippen LogP contribution in [0.4, 0.5) is 14.9 Å². The second-order valence-electron chi connectivity index (χ2n) is 7.57. The lowest BCUT2D eigenvalue weighted by atomic mass is 10.1. The Morgan fingerprint density at radius 2 is 2.00 bits per heavy atom. The third kappa shape index (κ3) is 4.09. The van der Waals surface area contributed by atoms with Gasteiger partial charge in [-0.05, 0) is 27.2 Å². The Hall–Kier alpha value is -2.66. The van der Waals surface area contributed by atoms with Crippen molar-refractivity contribution in [2.75, 3.05) is 31.1 Å². The molecular weight excluding hydrogens is 385 g/mol. The molecule has 28 heavy (non-hydrogen) atoms. The molecule has 0 saturated carbocycles. The quantitative estimate of drug-likeness (QED) is 0.672. The standard InChI is InChI=1S/C19H21ClFN5O2/c1-19(2,3)28-18(27)26-6-4-5-25(7-8-26)16-12(9-22)10-23-15-13(16)11-24-17(20)14(15)21/h10-11H,4-8H2,1-3H3. The number of fused-ring (bicyclic) bond motifs is 1. The highest BCUT2D eigenvalue weighted by Gasteiger charge is 2.26. The van der Waals surface area contributed by atoms with E-state index in [1.165, 1.54) is 12.4 Å². The minimum Gasteiger partial charge on any atom is -0.444 e. The zero-order valence-corrected chi connectivity index (χ0v) is 16.8. The third-order valence-corrected chi connectivity index (χ3v) is 4.63. The summed E-state index contributed by atoms with van der Waals surface area (Å²) in [5.41, 5.74) is 0.381. The maximum absolute atomic E-state index is 14.4. The number of amides is 1. The third-order valence-electron chi connectivity index (χ3n) is 4.37. The molecule has 2 aromatic heterocycles. The van der Waals surface area contributed by atoms with Gasteiger partial charge in [0.25, 0.3) is 0 Å². The molecule has 1 aliphatic rings. The number of hydrogen-bond donors (Lipinski definition) is 0. The molecule has 0 aliphatic carbocycles. The Morgan fingerprint density at radius 1 is 1.25 bits per heavy atom. The van der Waals surface area contributed by atoms with Crippen LogP contribution in [-0.4, -0.2) is 52.7 Å². The number of nitriles is 1. The van der Waals surface area contributed by atoms with Gasteiger partial charge in [-0.2, -0.15) is 5.26 Å². The Labute approximate surface area is 167 Å². The minimum atomic E-state index is -0.713. The van der Waals surface area contributed by atoms with Crippen molar-refractivity contribution in [3.8, 4) is 6.07 Å². The number of ether oxygens (including phenoxy) is 1. The monoisotopic (exact) mass is 405 g/mol. The van der Waals surface area contributed by atoms with Gasteiger partial charge in [-0.1, -0.05) is 11.6 Å². The molecule has 3 heterocycles. The van der Waals surface area contributed by atoms with Gasteiger partial charge in [0.15, 0.2) is 11.0 Å². The fourth-order valence-corrected chi connectivity index (χ4v) is 3.30. The molecule has 0 atom stereocenters. The van der Waals surface area contributed by atoms with E-state index >= 15 is 0 Å². The molecule has 2 aromatic rings. The molecule has 0 aromatic carbocycles. The van der Waals surface area contributed by atoms with E-state index in [1.807, 2.05) is 25.7 Å². The van der Waals surface area contributed by atoms with Crippen molar-refractivity contribution in [1.82, 2.24) is 14.9 Å². The van der Waals surface area contributed by atoms with Gasteiger partial charge in [0.2, 0.25) is 0 Å². The van der Waals surface area contributed by atoms with Crippen molar-refractivity contribution in [3.05, 3.63) is 28.9 Å². The molecule has 0 unspecified atom stereocenters. The number of pyridine rings is 2. The van der Waals surface area contributed by atoms with E-state index in [-0.39, 0.29) is 16.8 Å². The van der Waals surface area contributed by atoms with E-state index in [9.17, 15) is 14.4 Å². The van der Waals surface area contributed by atoms with E-state index in [2.05, 4.69) is 16.0 Å². The van der Waals surface area contributed by atoms with E-state index in [0.29, 0.717) is 49.2 Å². The number of carbonyl (C=O) groups is 1. The summed E-state index contributed by atoms with van der Waals surface area (Å²) in [6, 6.07) is 2.11. The lowest BCUT2D eigenvalue weighted by Crippen LogP contribution is -2.39. The van der Waals surface area contributed by atoms with E-state index in [1.54, 1.807) is 4.90 Å². The van der Waals surface area contributed by atoms with Gasteiger partial charge in [0.05, 0.1) is 11.3 Å². The summed E-state index contributed by atoms with van der Waals surface area (Å²) < 4.78 is 19.8. The largest absolute Gasteiger partial charge is 0.444 e. The first-order valence-electron chi connectivity index (χ1n) is 8.97. The number of carbonyl (C=O) groups excluding carboxylic acids is 1. The maximum atomic E-state index is 14.4. The number of nitrogens with zero attached hydrogens (tertiary/aromatic N) is 5. The number of rotatable bonds is 1. The van der Waals surface area contributed by atoms with Gasteiger partial charge >= 0.3 is 6.09 Å². The minimum absolute atomic E-state index is 0.0715. The number of aromatic nitrogens is 2. The average Bonchev–Trinajstić information content (AvgIpc) is 2.88. The Morgan fingerprint density at radius 3 is 2.68 bits per heavy atom. The van der Waals surface area contributed by atoms with Crippen LogP contribution < -0.4 is 4.90 Å². The molecule has 3 rings (SSSR count). The molecule has 7 nitrogen and oxygen atoms in total. The molecular formula is C19H21ClFN5O2. The first kappa shape index (κ1) is 20.1. The van der Waals surface area contributed by atoms with Crippen molar-refractivity contribution >= 4 is 34.3 Å². The summed E-state index contributed by atoms with van der Waals surface area (Å²) in [6.07, 6.45) is 3.08. The van der Waals surface area contributed by atoms with Crippen LogP contribution in [0.2, 0.25) is 5.15 Å². The lowest BCUT2D eigenvalue weighted by Gasteiger charge is -2.27. The first-order valence-corrected chi connectivity index (χ1v) is 9.34. The second-order valence-corrected chi connectivity index (χ2v) is 7.92. The summed E-state index contributed by atoms with van der Waals surface area (Å²) in [7, 11) is 0. The molecule has 0 spiro atoms. The number of hydrogen-bond acceptors (Lipinski definition) is 6. The predicted molar refractivity (Wildman–Crippen MR) is 104 cm³/mol. The number of anilines is 1. The van der Waals surface area contributed by atoms with Crippen molar-refractivity contribution < 1.29 is 13.9 Å². The van der Waals surface area contributed by atoms with Gasteiger partial charge in [-0.3, -0.25) is 4.98 Å². The molecule has 9 heteroatoms. The van der Waals surface area contributed by atoms with Crippen LogP contribution in [-0.2, 0) is 4.74 Å². The fraction of sp³-hybridized carbons (Fsp3) is 0.474. The van der Waals surface area contributed by atoms with Crippen LogP contribution in [0.3, 0.4) is 0 Å². The summed E-state index contributed by atoms with van der Waals surface area (Å²) in [4.78, 5) is 23.9. The van der Waals surface area contributed by atoms with Crippen molar-refractivity contribution in [2.24, 2.45) is 0 Å². The first-order chi connectivity index (χ1) is 13.2. The zero-order chi connectivity index (χ0) is 20.5. The van der Waals surface area contributed by atoms with Gasteiger partial charge in [0.1, 0.15) is 17.2 Å². The Kier molecular flexibility index (Phi) is 5.57. The van der Waals surface area contributed by atoms with Crippen LogP contribution >= 0.6 is 11.6 Å². The van der Waals surface area contributed by atoms with Crippen LogP contribution in [0.5, 0.6) is 0 Å². The highest BCUT2D eigenvalue weighted by molar-refractivity contribution is 6.30. The lowest BCUT2D eigenvalue weighted by molar-refractivity contribution is 0.0263. The molecule has 0 bridgehead atoms. The molecule has 1 aliphatic heterocycles. The van der Waals surface area contributed by atoms with Gasteiger partial charge in [-0.25, -0.2) is 14.2 Å². The Balaban J connectivity index is 1.92. The molecule has 0 N–H and O–H groups in total. The van der Waals surface area contributed by atoms with Gasteiger partial charge in [0, 0.05) is 44.0 Å². The van der Waals surface area contributed by atoms with Crippen LogP contribution in [0, 0.1) is 17.1 Å². The normalized spacial score (nSPS) is 15.3. The van der Waals surface area contributed by atoms with Gasteiger partial charge in [-0.15, -0.1) is 0 Å². The average molecular weight is 406 g/mol. The molecule has 0 radical (unpaired) electrons. The van der Waals surface area contributed by atoms with Crippen molar-refractivity contribution in [3.63, 3.8) is 0 Å². The Bertz CT molecular complexity index is 954. The molecule has 1 saturated heterocycles. The highest BCUT2D eigenvalue weighted by Crippen LogP contribution is 2.32. The zero-order valence-electron chi connectivity index (χ0n) is 16.0. The summed E-state index contributed by atoms with van der Waals surface area (Å²) in [5, 5.41) is 9.69. The molecule has 1 amide bonds. The summed E-state index contributed by atoms with van der Waals surface area (Å²) in [5.74, 6) is -0.713. The predicted octanol–water partition coefficient (Wildman–Crippen LogP) is 3.74. The van der Waals surface area contributed by atoms with Crippen LogP contribution in [0.1, 0.15) is 32.8 Å². The SMILES string of the molecule is CC(C)(C)OC(=O)N1CCCN(c2c(C#N)cnc3c(F)c(Cl)ncc23)CC1. The highest BCUT2D eigenvalue weighted by atomic mass is 35.5. The molecule has 148 valence electrons. The summed E-state index contributed by atoms with van der Waals surface area (Å²) >= 11 is 5.77. The van der Waals surface area contributed by atoms with Gasteiger partial charge < -0.3 is 14.5 Å². The smallest absolute Gasteiger partial charge is 0.410 e. The molecule has 1 fully saturated rings. The summed E-state index contributed by atoms with van der Waals surface area (Å²) in [6.45, 7) is 7.49. The van der Waals surface area contributed by atoms with Crippen molar-refractivity contribution in [1.29, 1.82) is 5.26 Å². The van der Waals surface area contributed by atoms with E-state index in [4.69, 9.17) is 16.3 Å². The van der Waals surface area contributed by atoms with Crippen LogP contribution in [0.25, 0.3) is 10.9 Å². The maximum Gasteiger partial charge on any atom is 0.410 e. The second kappa shape index (κ2) is 7.76. The number of halogens is 2. The van der Waals surface area contributed by atoms with E-state index < -0.39 is 11.4 Å². The topological polar surface area (TPSA) is 82.4 Å². The van der Waals surface area contributed by atoms with E-state index in [0.717, 1.165) is 0 Å². The van der Waals surface area contributed by atoms with Crippen LogP contribution in [0.15, 0.2) is 12.4 Å².